The van der Waals surface area contributed by atoms with E-state index in [0.717, 1.165) is 26.2 Å². The second kappa shape index (κ2) is 4.17. The first-order chi connectivity index (χ1) is 6.80. The minimum Gasteiger partial charge on any atom is -0.383 e. The van der Waals surface area contributed by atoms with E-state index in [1.807, 2.05) is 0 Å². The average Bonchev–Trinajstić information content (AvgIpc) is 2.61. The number of fused-ring (bicyclic) bond motifs is 1. The fourth-order valence-corrected chi connectivity index (χ4v) is 3.08. The molecule has 0 aromatic carbocycles. The molecule has 2 fully saturated rings. The van der Waals surface area contributed by atoms with Gasteiger partial charge in [-0.2, -0.15) is 0 Å². The molecular formula is C11H21NO2. The molecule has 2 unspecified atom stereocenters. The van der Waals surface area contributed by atoms with E-state index in [9.17, 15) is 0 Å². The lowest BCUT2D eigenvalue weighted by atomic mass is 9.94. The second-order valence-corrected chi connectivity index (χ2v) is 4.49. The van der Waals surface area contributed by atoms with Crippen molar-refractivity contribution in [2.75, 3.05) is 33.4 Å². The SMILES string of the molecule is CCOC1CN2CCCC2(COC)C1. The Hall–Kier alpha value is -0.120. The van der Waals surface area contributed by atoms with Crippen molar-refractivity contribution in [3.63, 3.8) is 0 Å². The molecule has 2 aliphatic rings. The van der Waals surface area contributed by atoms with Gasteiger partial charge in [-0.15, -0.1) is 0 Å². The van der Waals surface area contributed by atoms with Gasteiger partial charge in [-0.25, -0.2) is 0 Å². The molecule has 2 aliphatic heterocycles. The molecule has 0 radical (unpaired) electrons. The lowest BCUT2D eigenvalue weighted by Crippen LogP contribution is -2.42. The normalized spacial score (nSPS) is 37.7. The van der Waals surface area contributed by atoms with Crippen LogP contribution in [-0.2, 0) is 9.47 Å². The van der Waals surface area contributed by atoms with Crippen LogP contribution in [0.4, 0.5) is 0 Å². The Labute approximate surface area is 86.4 Å². The minimum atomic E-state index is 0.314. The van der Waals surface area contributed by atoms with Crippen LogP contribution in [0.1, 0.15) is 26.2 Å². The summed E-state index contributed by atoms with van der Waals surface area (Å²) in [7, 11) is 1.80. The summed E-state index contributed by atoms with van der Waals surface area (Å²) in [5.74, 6) is 0. The Balaban J connectivity index is 1.99. The van der Waals surface area contributed by atoms with Gasteiger partial charge in [0.05, 0.1) is 12.7 Å². The molecule has 2 heterocycles. The molecule has 3 nitrogen and oxygen atoms in total. The van der Waals surface area contributed by atoms with E-state index < -0.39 is 0 Å². The Kier molecular flexibility index (Phi) is 3.10. The molecule has 3 heteroatoms. The van der Waals surface area contributed by atoms with Crippen molar-refractivity contribution in [2.24, 2.45) is 0 Å². The van der Waals surface area contributed by atoms with Crippen molar-refractivity contribution in [2.45, 2.75) is 37.8 Å². The summed E-state index contributed by atoms with van der Waals surface area (Å²) in [6, 6.07) is 0. The zero-order valence-corrected chi connectivity index (χ0v) is 9.29. The van der Waals surface area contributed by atoms with Crippen molar-refractivity contribution < 1.29 is 9.47 Å². The summed E-state index contributed by atoms with van der Waals surface area (Å²) in [6.07, 6.45) is 4.21. The number of nitrogens with zero attached hydrogens (tertiary/aromatic N) is 1. The summed E-state index contributed by atoms with van der Waals surface area (Å²) < 4.78 is 11.1. The maximum atomic E-state index is 5.71. The van der Waals surface area contributed by atoms with Crippen LogP contribution < -0.4 is 0 Å². The Morgan fingerprint density at radius 1 is 1.50 bits per heavy atom. The van der Waals surface area contributed by atoms with Crippen molar-refractivity contribution in [1.29, 1.82) is 0 Å². The molecule has 0 amide bonds. The third-order valence-electron chi connectivity index (χ3n) is 3.59. The summed E-state index contributed by atoms with van der Waals surface area (Å²) >= 11 is 0. The van der Waals surface area contributed by atoms with E-state index in [1.165, 1.54) is 19.4 Å². The number of ether oxygens (including phenoxy) is 2. The van der Waals surface area contributed by atoms with Gasteiger partial charge in [0, 0.05) is 25.8 Å². The molecule has 2 saturated heterocycles. The average molecular weight is 199 g/mol. The van der Waals surface area contributed by atoms with E-state index in [-0.39, 0.29) is 0 Å². The molecule has 0 aliphatic carbocycles. The predicted octanol–water partition coefficient (Wildman–Crippen LogP) is 1.28. The number of methoxy groups -OCH3 is 1. The number of rotatable bonds is 4. The first kappa shape index (κ1) is 10.4. The van der Waals surface area contributed by atoms with Crippen molar-refractivity contribution >= 4 is 0 Å². The van der Waals surface area contributed by atoms with E-state index >= 15 is 0 Å². The molecule has 2 rings (SSSR count). The predicted molar refractivity (Wildman–Crippen MR) is 55.4 cm³/mol. The van der Waals surface area contributed by atoms with Crippen molar-refractivity contribution in [3.8, 4) is 0 Å². The highest BCUT2D eigenvalue weighted by atomic mass is 16.5. The van der Waals surface area contributed by atoms with Crippen LogP contribution in [0.5, 0.6) is 0 Å². The molecule has 0 saturated carbocycles. The fraction of sp³-hybridized carbons (Fsp3) is 1.00. The second-order valence-electron chi connectivity index (χ2n) is 4.49. The molecule has 2 atom stereocenters. The Bertz CT molecular complexity index is 198. The molecule has 0 aromatic rings. The first-order valence-corrected chi connectivity index (χ1v) is 5.66. The lowest BCUT2D eigenvalue weighted by Gasteiger charge is -2.30. The quantitative estimate of drug-likeness (QED) is 0.680. The molecule has 0 N–H and O–H groups in total. The molecule has 0 bridgehead atoms. The maximum Gasteiger partial charge on any atom is 0.0720 e. The van der Waals surface area contributed by atoms with Gasteiger partial charge in [0.25, 0.3) is 0 Å². The minimum absolute atomic E-state index is 0.314. The fourth-order valence-electron chi connectivity index (χ4n) is 3.08. The standard InChI is InChI=1S/C11H21NO2/c1-3-14-10-7-11(9-13-2)5-4-6-12(11)8-10/h10H,3-9H2,1-2H3. The monoisotopic (exact) mass is 199 g/mol. The summed E-state index contributed by atoms with van der Waals surface area (Å²) in [5.41, 5.74) is 0.314. The van der Waals surface area contributed by atoms with Crippen LogP contribution in [0.25, 0.3) is 0 Å². The Morgan fingerprint density at radius 2 is 2.36 bits per heavy atom. The van der Waals surface area contributed by atoms with Crippen LogP contribution in [0.2, 0.25) is 0 Å². The molecule has 14 heavy (non-hydrogen) atoms. The maximum absolute atomic E-state index is 5.71. The lowest BCUT2D eigenvalue weighted by molar-refractivity contribution is 0.0563. The zero-order valence-electron chi connectivity index (χ0n) is 9.29. The number of hydrogen-bond donors (Lipinski definition) is 0. The highest BCUT2D eigenvalue weighted by molar-refractivity contribution is 5.03. The molecule has 82 valence electrons. The van der Waals surface area contributed by atoms with E-state index in [1.54, 1.807) is 7.11 Å². The van der Waals surface area contributed by atoms with Gasteiger partial charge in [-0.05, 0) is 32.7 Å². The van der Waals surface area contributed by atoms with Gasteiger partial charge in [-0.3, -0.25) is 4.90 Å². The Morgan fingerprint density at radius 3 is 3.07 bits per heavy atom. The summed E-state index contributed by atoms with van der Waals surface area (Å²) in [5, 5.41) is 0. The van der Waals surface area contributed by atoms with Gasteiger partial charge in [0.15, 0.2) is 0 Å². The highest BCUT2D eigenvalue weighted by Gasteiger charge is 2.48. The van der Waals surface area contributed by atoms with Crippen LogP contribution in [0.3, 0.4) is 0 Å². The largest absolute Gasteiger partial charge is 0.383 e. The smallest absolute Gasteiger partial charge is 0.0720 e. The van der Waals surface area contributed by atoms with Gasteiger partial charge in [-0.1, -0.05) is 0 Å². The van der Waals surface area contributed by atoms with Gasteiger partial charge >= 0.3 is 0 Å². The van der Waals surface area contributed by atoms with E-state index in [0.29, 0.717) is 11.6 Å². The first-order valence-electron chi connectivity index (χ1n) is 5.66. The molecular weight excluding hydrogens is 178 g/mol. The molecule has 0 spiro atoms. The van der Waals surface area contributed by atoms with Gasteiger partial charge < -0.3 is 9.47 Å². The van der Waals surface area contributed by atoms with Crippen LogP contribution >= 0.6 is 0 Å². The van der Waals surface area contributed by atoms with Gasteiger partial charge in [0.1, 0.15) is 0 Å². The van der Waals surface area contributed by atoms with Crippen molar-refractivity contribution in [3.05, 3.63) is 0 Å². The third-order valence-corrected chi connectivity index (χ3v) is 3.59. The van der Waals surface area contributed by atoms with Crippen LogP contribution in [0, 0.1) is 0 Å². The summed E-state index contributed by atoms with van der Waals surface area (Å²) in [4.78, 5) is 2.57. The van der Waals surface area contributed by atoms with Crippen LogP contribution in [-0.4, -0.2) is 50.0 Å². The third kappa shape index (κ3) is 1.69. The zero-order chi connectivity index (χ0) is 10.0. The van der Waals surface area contributed by atoms with E-state index in [2.05, 4.69) is 11.8 Å². The summed E-state index contributed by atoms with van der Waals surface area (Å²) in [6.45, 7) is 6.12. The highest BCUT2D eigenvalue weighted by Crippen LogP contribution is 2.39. The van der Waals surface area contributed by atoms with Crippen LogP contribution in [0.15, 0.2) is 0 Å². The van der Waals surface area contributed by atoms with Crippen molar-refractivity contribution in [1.82, 2.24) is 4.90 Å². The van der Waals surface area contributed by atoms with Gasteiger partial charge in [0.2, 0.25) is 0 Å². The number of hydrogen-bond acceptors (Lipinski definition) is 3. The molecule has 0 aromatic heterocycles. The topological polar surface area (TPSA) is 21.7 Å². The van der Waals surface area contributed by atoms with E-state index in [4.69, 9.17) is 9.47 Å².